The van der Waals surface area contributed by atoms with Gasteiger partial charge in [0.05, 0.1) is 6.04 Å². The van der Waals surface area contributed by atoms with Crippen molar-refractivity contribution in [2.75, 3.05) is 0 Å². The number of pyridine rings is 1. The van der Waals surface area contributed by atoms with E-state index in [1.807, 2.05) is 43.3 Å². The van der Waals surface area contributed by atoms with E-state index in [-0.39, 0.29) is 17.9 Å². The van der Waals surface area contributed by atoms with Crippen LogP contribution in [0.5, 0.6) is 0 Å². The van der Waals surface area contributed by atoms with Gasteiger partial charge >= 0.3 is 0 Å². The van der Waals surface area contributed by atoms with Crippen LogP contribution in [-0.2, 0) is 4.79 Å². The molecule has 1 fully saturated rings. The van der Waals surface area contributed by atoms with Gasteiger partial charge in [0.25, 0.3) is 0 Å². The highest BCUT2D eigenvalue weighted by Crippen LogP contribution is 2.47. The molecule has 1 aliphatic rings. The van der Waals surface area contributed by atoms with Crippen molar-refractivity contribution in [1.29, 1.82) is 0 Å². The molecule has 0 radical (unpaired) electrons. The van der Waals surface area contributed by atoms with Gasteiger partial charge in [0, 0.05) is 23.3 Å². The van der Waals surface area contributed by atoms with Crippen LogP contribution in [0.25, 0.3) is 0 Å². The zero-order chi connectivity index (χ0) is 14.8. The van der Waals surface area contributed by atoms with Crippen molar-refractivity contribution >= 4 is 17.5 Å². The van der Waals surface area contributed by atoms with E-state index >= 15 is 0 Å². The minimum atomic E-state index is -0.0788. The molecule has 0 spiro atoms. The molecule has 1 aromatic carbocycles. The fourth-order valence-corrected chi connectivity index (χ4v) is 2.99. The largest absolute Gasteiger partial charge is 0.349 e. The predicted octanol–water partition coefficient (Wildman–Crippen LogP) is 3.72. The molecule has 0 unspecified atom stereocenters. The van der Waals surface area contributed by atoms with Gasteiger partial charge in [0.15, 0.2) is 0 Å². The van der Waals surface area contributed by atoms with Crippen LogP contribution >= 0.6 is 11.6 Å². The van der Waals surface area contributed by atoms with E-state index in [0.29, 0.717) is 10.9 Å². The molecule has 1 heterocycles. The molecule has 4 heteroatoms. The first-order chi connectivity index (χ1) is 10.2. The number of hydrogen-bond acceptors (Lipinski definition) is 2. The third-order valence-corrected chi connectivity index (χ3v) is 4.34. The van der Waals surface area contributed by atoms with Crippen LogP contribution in [0, 0.1) is 5.92 Å². The van der Waals surface area contributed by atoms with Crippen LogP contribution in [0.15, 0.2) is 48.8 Å². The monoisotopic (exact) mass is 300 g/mol. The summed E-state index contributed by atoms with van der Waals surface area (Å²) in [6, 6.07) is 11.5. The first kappa shape index (κ1) is 14.1. The SMILES string of the molecule is C[C@H](NC(=O)[C@@H]1C[C@H]1c1ccncc1)c1ccccc1Cl. The van der Waals surface area contributed by atoms with Crippen molar-refractivity contribution in [1.82, 2.24) is 10.3 Å². The Bertz CT molecular complexity index is 644. The Balaban J connectivity index is 1.62. The fourth-order valence-electron chi connectivity index (χ4n) is 2.69. The van der Waals surface area contributed by atoms with Gasteiger partial charge in [-0.15, -0.1) is 0 Å². The topological polar surface area (TPSA) is 42.0 Å². The first-order valence-corrected chi connectivity index (χ1v) is 7.49. The fraction of sp³-hybridized carbons (Fsp3) is 0.294. The number of nitrogens with one attached hydrogen (secondary N) is 1. The predicted molar refractivity (Wildman–Crippen MR) is 83.1 cm³/mol. The maximum Gasteiger partial charge on any atom is 0.224 e. The molecular formula is C17H17ClN2O. The molecule has 1 N–H and O–H groups in total. The Kier molecular flexibility index (Phi) is 3.93. The number of carbonyl (C=O) groups excluding carboxylic acids is 1. The van der Waals surface area contributed by atoms with Gasteiger partial charge in [0.2, 0.25) is 5.91 Å². The summed E-state index contributed by atoms with van der Waals surface area (Å²) in [5, 5.41) is 3.75. The van der Waals surface area contributed by atoms with Crippen molar-refractivity contribution < 1.29 is 4.79 Å². The zero-order valence-electron chi connectivity index (χ0n) is 11.8. The zero-order valence-corrected chi connectivity index (χ0v) is 12.5. The highest BCUT2D eigenvalue weighted by atomic mass is 35.5. The van der Waals surface area contributed by atoms with Gasteiger partial charge in [-0.3, -0.25) is 9.78 Å². The van der Waals surface area contributed by atoms with Gasteiger partial charge in [0.1, 0.15) is 0 Å². The van der Waals surface area contributed by atoms with E-state index in [4.69, 9.17) is 11.6 Å². The third kappa shape index (κ3) is 3.08. The van der Waals surface area contributed by atoms with E-state index in [1.54, 1.807) is 12.4 Å². The van der Waals surface area contributed by atoms with Gasteiger partial charge < -0.3 is 5.32 Å². The molecule has 1 saturated carbocycles. The minimum Gasteiger partial charge on any atom is -0.349 e. The quantitative estimate of drug-likeness (QED) is 0.935. The highest BCUT2D eigenvalue weighted by Gasteiger charge is 2.44. The molecule has 0 aliphatic heterocycles. The summed E-state index contributed by atoms with van der Waals surface area (Å²) in [5.41, 5.74) is 2.14. The van der Waals surface area contributed by atoms with E-state index < -0.39 is 0 Å². The maximum atomic E-state index is 12.3. The molecule has 1 amide bonds. The molecule has 3 rings (SSSR count). The normalized spacial score (nSPS) is 21.6. The average Bonchev–Trinajstić information content (AvgIpc) is 3.29. The molecule has 1 aliphatic carbocycles. The number of rotatable bonds is 4. The van der Waals surface area contributed by atoms with Crippen LogP contribution in [-0.4, -0.2) is 10.9 Å². The lowest BCUT2D eigenvalue weighted by molar-refractivity contribution is -0.123. The molecule has 3 nitrogen and oxygen atoms in total. The summed E-state index contributed by atoms with van der Waals surface area (Å²) in [7, 11) is 0. The Morgan fingerprint density at radius 2 is 2.00 bits per heavy atom. The summed E-state index contributed by atoms with van der Waals surface area (Å²) in [5.74, 6) is 0.494. The van der Waals surface area contributed by atoms with Crippen molar-refractivity contribution in [3.63, 3.8) is 0 Å². The smallest absolute Gasteiger partial charge is 0.224 e. The van der Waals surface area contributed by atoms with Gasteiger partial charge in [-0.25, -0.2) is 0 Å². The second-order valence-electron chi connectivity index (χ2n) is 5.48. The Morgan fingerprint density at radius 1 is 1.29 bits per heavy atom. The molecule has 0 bridgehead atoms. The van der Waals surface area contributed by atoms with E-state index in [1.165, 1.54) is 5.56 Å². The van der Waals surface area contributed by atoms with Gasteiger partial charge in [-0.2, -0.15) is 0 Å². The molecule has 2 aromatic rings. The standard InChI is InChI=1S/C17H17ClN2O/c1-11(13-4-2-3-5-16(13)18)20-17(21)15-10-14(15)12-6-8-19-9-7-12/h2-9,11,14-15H,10H2,1H3,(H,20,21)/t11-,14-,15+/m0/s1. The van der Waals surface area contributed by atoms with Crippen LogP contribution in [0.1, 0.15) is 36.4 Å². The summed E-state index contributed by atoms with van der Waals surface area (Å²) >= 11 is 6.16. The Labute approximate surface area is 129 Å². The van der Waals surface area contributed by atoms with Crippen LogP contribution < -0.4 is 5.32 Å². The molecule has 1 aromatic heterocycles. The number of halogens is 1. The Morgan fingerprint density at radius 3 is 2.71 bits per heavy atom. The summed E-state index contributed by atoms with van der Waals surface area (Å²) in [6.45, 7) is 1.96. The number of nitrogens with zero attached hydrogens (tertiary/aromatic N) is 1. The molecule has 0 saturated heterocycles. The summed E-state index contributed by atoms with van der Waals surface area (Å²) in [6.07, 6.45) is 4.45. The van der Waals surface area contributed by atoms with E-state index in [9.17, 15) is 4.79 Å². The van der Waals surface area contributed by atoms with Crippen LogP contribution in [0.3, 0.4) is 0 Å². The number of amides is 1. The molecular weight excluding hydrogens is 284 g/mol. The lowest BCUT2D eigenvalue weighted by atomic mass is 10.1. The number of hydrogen-bond donors (Lipinski definition) is 1. The first-order valence-electron chi connectivity index (χ1n) is 7.11. The summed E-state index contributed by atoms with van der Waals surface area (Å²) < 4.78 is 0. The minimum absolute atomic E-state index is 0.0670. The average molecular weight is 301 g/mol. The second kappa shape index (κ2) is 5.86. The van der Waals surface area contributed by atoms with Gasteiger partial charge in [-0.1, -0.05) is 29.8 Å². The molecule has 3 atom stereocenters. The number of carbonyl (C=O) groups is 1. The highest BCUT2D eigenvalue weighted by molar-refractivity contribution is 6.31. The van der Waals surface area contributed by atoms with Crippen LogP contribution in [0.2, 0.25) is 5.02 Å². The lowest BCUT2D eigenvalue weighted by Gasteiger charge is -2.15. The Hall–Kier alpha value is -1.87. The van der Waals surface area contributed by atoms with E-state index in [2.05, 4.69) is 10.3 Å². The van der Waals surface area contributed by atoms with Gasteiger partial charge in [-0.05, 0) is 48.6 Å². The van der Waals surface area contributed by atoms with Crippen molar-refractivity contribution in [2.45, 2.75) is 25.3 Å². The second-order valence-corrected chi connectivity index (χ2v) is 5.89. The third-order valence-electron chi connectivity index (χ3n) is 3.99. The molecule has 108 valence electrons. The van der Waals surface area contributed by atoms with Crippen LogP contribution in [0.4, 0.5) is 0 Å². The van der Waals surface area contributed by atoms with Crippen molar-refractivity contribution in [3.05, 3.63) is 64.9 Å². The van der Waals surface area contributed by atoms with E-state index in [0.717, 1.165) is 12.0 Å². The van der Waals surface area contributed by atoms with Crippen molar-refractivity contribution in [2.24, 2.45) is 5.92 Å². The number of benzene rings is 1. The summed E-state index contributed by atoms with van der Waals surface area (Å²) in [4.78, 5) is 16.3. The lowest BCUT2D eigenvalue weighted by Crippen LogP contribution is -2.28. The number of aromatic nitrogens is 1. The molecule has 21 heavy (non-hydrogen) atoms. The maximum absolute atomic E-state index is 12.3. The van der Waals surface area contributed by atoms with Crippen molar-refractivity contribution in [3.8, 4) is 0 Å².